The molecular weight excluding hydrogens is 837 g/mol. The van der Waals surface area contributed by atoms with Gasteiger partial charge in [0.2, 0.25) is 0 Å². The van der Waals surface area contributed by atoms with Crippen molar-refractivity contribution in [1.29, 1.82) is 0 Å². The van der Waals surface area contributed by atoms with Crippen LogP contribution in [0.4, 0.5) is 0 Å². The molecule has 0 bridgehead atoms. The third-order valence-corrected chi connectivity index (χ3v) is 12.8. The van der Waals surface area contributed by atoms with Gasteiger partial charge in [-0.15, -0.1) is 0 Å². The normalized spacial score (nSPS) is 26.5. The summed E-state index contributed by atoms with van der Waals surface area (Å²) in [6.07, 6.45) is 24.2. The summed E-state index contributed by atoms with van der Waals surface area (Å²) in [7, 11) is 0. The van der Waals surface area contributed by atoms with E-state index in [-0.39, 0.29) is 25.6 Å². The van der Waals surface area contributed by atoms with Crippen molar-refractivity contribution in [2.45, 2.75) is 274 Å². The molecule has 14 heteroatoms. The van der Waals surface area contributed by atoms with Crippen molar-refractivity contribution in [2.75, 3.05) is 33.0 Å². The molecule has 14 nitrogen and oxygen atoms in total. The van der Waals surface area contributed by atoms with Crippen LogP contribution in [-0.2, 0) is 33.2 Å². The fourth-order valence-electron chi connectivity index (χ4n) is 8.46. The third kappa shape index (κ3) is 27.5. The Morgan fingerprint density at radius 1 is 0.492 bits per heavy atom. The number of esters is 1. The maximum absolute atomic E-state index is 13.0. The van der Waals surface area contributed by atoms with Gasteiger partial charge in [-0.25, -0.2) is 0 Å². The minimum absolute atomic E-state index is 0.0640. The lowest BCUT2D eigenvalue weighted by molar-refractivity contribution is -0.332. The maximum Gasteiger partial charge on any atom is 0.306 e. The molecule has 11 unspecified atom stereocenters. The summed E-state index contributed by atoms with van der Waals surface area (Å²) < 4.78 is 34.3. The number of unbranched alkanes of at least 4 members (excludes halogenated alkanes) is 26. The molecule has 2 aliphatic heterocycles. The Kier molecular flexibility index (Phi) is 36.4. The Hall–Kier alpha value is -1.27. The van der Waals surface area contributed by atoms with E-state index in [2.05, 4.69) is 26.0 Å². The third-order valence-electron chi connectivity index (χ3n) is 12.8. The summed E-state index contributed by atoms with van der Waals surface area (Å²) in [5.41, 5.74) is 0. The molecule has 0 aromatic rings. The molecule has 0 aromatic heterocycles. The zero-order valence-electron chi connectivity index (χ0n) is 40.7. The average Bonchev–Trinajstić information content (AvgIpc) is 3.30. The summed E-state index contributed by atoms with van der Waals surface area (Å²) in [5, 5.41) is 72.1. The summed E-state index contributed by atoms with van der Waals surface area (Å²) in [6, 6.07) is 0. The van der Waals surface area contributed by atoms with Gasteiger partial charge in [0.1, 0.15) is 54.9 Å². The number of hydrogen-bond donors (Lipinski definition) is 7. The Balaban J connectivity index is 1.75. The van der Waals surface area contributed by atoms with Crippen LogP contribution in [0.15, 0.2) is 12.2 Å². The molecule has 0 saturated carbocycles. The van der Waals surface area contributed by atoms with E-state index >= 15 is 0 Å². The molecule has 0 radical (unpaired) electrons. The van der Waals surface area contributed by atoms with E-state index in [1.54, 1.807) is 0 Å². The van der Waals surface area contributed by atoms with E-state index < -0.39 is 80.7 Å². The van der Waals surface area contributed by atoms with Crippen molar-refractivity contribution in [2.24, 2.45) is 0 Å². The quantitative estimate of drug-likeness (QED) is 0.0176. The second-order valence-electron chi connectivity index (χ2n) is 18.7. The summed E-state index contributed by atoms with van der Waals surface area (Å²) in [4.78, 5) is 13.0. The van der Waals surface area contributed by atoms with E-state index in [0.717, 1.165) is 57.8 Å². The standard InChI is InChI=1S/C51H96O14/c1-3-5-7-9-11-13-15-17-18-19-20-21-23-25-27-29-31-33-35-60-37-40(63-43(53)34-32-30-28-26-24-22-16-14-12-10-8-6-4-2)38-61-50-49(59)47(57)45(55)42(65-50)39-62-51-48(58)46(56)44(54)41(36-52)64-51/h14,16,40-42,44-52,54-59H,3-13,15,17-39H2,1-2H3/b16-14-. The molecule has 0 aliphatic carbocycles. The lowest BCUT2D eigenvalue weighted by Crippen LogP contribution is -2.61. The van der Waals surface area contributed by atoms with Gasteiger partial charge in [0.15, 0.2) is 12.6 Å². The van der Waals surface area contributed by atoms with Crippen LogP contribution in [0.5, 0.6) is 0 Å². The summed E-state index contributed by atoms with van der Waals surface area (Å²) in [5.74, 6) is -0.382. The van der Waals surface area contributed by atoms with E-state index in [9.17, 15) is 40.5 Å². The van der Waals surface area contributed by atoms with Gasteiger partial charge in [-0.05, 0) is 38.5 Å². The Bertz CT molecular complexity index is 1130. The van der Waals surface area contributed by atoms with Crippen LogP contribution >= 0.6 is 0 Å². The van der Waals surface area contributed by atoms with Gasteiger partial charge in [0, 0.05) is 13.0 Å². The van der Waals surface area contributed by atoms with Crippen LogP contribution < -0.4 is 0 Å². The SMILES string of the molecule is CCCCCC/C=C\CCCCCCCC(=O)OC(COCCCCCCCCCCCCCCCCCCCC)COC1OC(COC2OC(CO)C(O)C(O)C2O)C(O)C(O)C1O. The van der Waals surface area contributed by atoms with Crippen LogP contribution in [0.2, 0.25) is 0 Å². The van der Waals surface area contributed by atoms with E-state index in [4.69, 9.17) is 28.4 Å². The summed E-state index contributed by atoms with van der Waals surface area (Å²) in [6.45, 7) is 3.69. The number of carbonyl (C=O) groups excluding carboxylic acids is 1. The molecule has 65 heavy (non-hydrogen) atoms. The number of aliphatic hydroxyl groups excluding tert-OH is 7. The molecule has 0 aromatic carbocycles. The first kappa shape index (κ1) is 59.9. The second kappa shape index (κ2) is 39.6. The minimum atomic E-state index is -1.70. The van der Waals surface area contributed by atoms with Crippen molar-refractivity contribution >= 4 is 5.97 Å². The highest BCUT2D eigenvalue weighted by Gasteiger charge is 2.47. The van der Waals surface area contributed by atoms with Crippen LogP contribution in [0, 0.1) is 0 Å². The van der Waals surface area contributed by atoms with E-state index in [0.29, 0.717) is 13.0 Å². The molecule has 11 atom stereocenters. The predicted octanol–water partition coefficient (Wildman–Crippen LogP) is 7.85. The molecule has 2 heterocycles. The van der Waals surface area contributed by atoms with Crippen LogP contribution in [0.1, 0.15) is 206 Å². The Morgan fingerprint density at radius 2 is 0.908 bits per heavy atom. The lowest BCUT2D eigenvalue weighted by Gasteiger charge is -2.42. The van der Waals surface area contributed by atoms with Crippen molar-refractivity contribution in [1.82, 2.24) is 0 Å². The minimum Gasteiger partial charge on any atom is -0.457 e. The van der Waals surface area contributed by atoms with Gasteiger partial charge in [0.05, 0.1) is 26.4 Å². The number of allylic oxidation sites excluding steroid dienone is 2. The second-order valence-corrected chi connectivity index (χ2v) is 18.7. The van der Waals surface area contributed by atoms with Crippen LogP contribution in [0.25, 0.3) is 0 Å². The molecule has 2 fully saturated rings. The van der Waals surface area contributed by atoms with Gasteiger partial charge in [0.25, 0.3) is 0 Å². The predicted molar refractivity (Wildman–Crippen MR) is 252 cm³/mol. The number of carbonyl (C=O) groups is 1. The van der Waals surface area contributed by atoms with Gasteiger partial charge in [-0.3, -0.25) is 4.79 Å². The number of ether oxygens (including phenoxy) is 6. The Morgan fingerprint density at radius 3 is 1.42 bits per heavy atom. The molecule has 2 aliphatic rings. The molecular formula is C51H96O14. The monoisotopic (exact) mass is 933 g/mol. The van der Waals surface area contributed by atoms with Gasteiger partial charge in [-0.1, -0.05) is 174 Å². The molecule has 0 spiro atoms. The van der Waals surface area contributed by atoms with Crippen LogP contribution in [0.3, 0.4) is 0 Å². The van der Waals surface area contributed by atoms with Crippen molar-refractivity contribution < 1.29 is 69.0 Å². The number of rotatable bonds is 42. The largest absolute Gasteiger partial charge is 0.457 e. The molecule has 2 saturated heterocycles. The smallest absolute Gasteiger partial charge is 0.306 e. The van der Waals surface area contributed by atoms with Gasteiger partial charge >= 0.3 is 5.97 Å². The number of hydrogen-bond acceptors (Lipinski definition) is 14. The number of aliphatic hydroxyl groups is 7. The van der Waals surface area contributed by atoms with Crippen molar-refractivity contribution in [3.8, 4) is 0 Å². The fraction of sp³-hybridized carbons (Fsp3) is 0.941. The molecule has 384 valence electrons. The topological polar surface area (TPSA) is 214 Å². The first-order chi connectivity index (χ1) is 31.6. The first-order valence-corrected chi connectivity index (χ1v) is 26.3. The molecule has 7 N–H and O–H groups in total. The maximum atomic E-state index is 13.0. The van der Waals surface area contributed by atoms with Crippen molar-refractivity contribution in [3.63, 3.8) is 0 Å². The zero-order chi connectivity index (χ0) is 47.3. The first-order valence-electron chi connectivity index (χ1n) is 26.3. The lowest BCUT2D eigenvalue weighted by atomic mass is 9.98. The fourth-order valence-corrected chi connectivity index (χ4v) is 8.46. The highest BCUT2D eigenvalue weighted by molar-refractivity contribution is 5.69. The summed E-state index contributed by atoms with van der Waals surface area (Å²) >= 11 is 0. The average molecular weight is 933 g/mol. The van der Waals surface area contributed by atoms with Gasteiger partial charge in [-0.2, -0.15) is 0 Å². The van der Waals surface area contributed by atoms with Crippen molar-refractivity contribution in [3.05, 3.63) is 12.2 Å². The van der Waals surface area contributed by atoms with Gasteiger partial charge < -0.3 is 64.2 Å². The molecule has 0 amide bonds. The van der Waals surface area contributed by atoms with E-state index in [1.165, 1.54) is 122 Å². The highest BCUT2D eigenvalue weighted by atomic mass is 16.7. The molecule has 2 rings (SSSR count). The Labute approximate surface area is 393 Å². The zero-order valence-corrected chi connectivity index (χ0v) is 40.7. The highest BCUT2D eigenvalue weighted by Crippen LogP contribution is 2.26. The van der Waals surface area contributed by atoms with E-state index in [1.807, 2.05) is 0 Å². The van der Waals surface area contributed by atoms with Crippen LogP contribution in [-0.4, -0.2) is 142 Å².